The lowest BCUT2D eigenvalue weighted by Crippen LogP contribution is -2.03. The minimum atomic E-state index is -0.569. The quantitative estimate of drug-likeness (QED) is 0.712. The molecule has 82 valence electrons. The van der Waals surface area contributed by atoms with E-state index < -0.39 is 5.60 Å². The van der Waals surface area contributed by atoms with Crippen LogP contribution in [-0.4, -0.2) is 15.3 Å². The number of benzene rings is 1. The lowest BCUT2D eigenvalue weighted by molar-refractivity contribution is 0.151. The van der Waals surface area contributed by atoms with E-state index in [1.807, 2.05) is 24.3 Å². The monoisotopic (exact) mass is 215 g/mol. The Morgan fingerprint density at radius 3 is 2.44 bits per heavy atom. The Hall–Kier alpha value is -1.81. The second kappa shape index (κ2) is 3.09. The van der Waals surface area contributed by atoms with Crippen molar-refractivity contribution in [2.24, 2.45) is 0 Å². The van der Waals surface area contributed by atoms with Crippen molar-refractivity contribution in [3.8, 4) is 11.1 Å². The summed E-state index contributed by atoms with van der Waals surface area (Å²) in [4.78, 5) is 0. The van der Waals surface area contributed by atoms with Crippen molar-refractivity contribution in [2.45, 2.75) is 18.4 Å². The standard InChI is InChI=1S/C12H13N3O/c13-11-10(7-14-15-11)8-1-3-9(4-2-8)12(16)5-6-12/h1-4,7,16H,5-6H2,(H3,13,14,15). The summed E-state index contributed by atoms with van der Waals surface area (Å²) in [5, 5.41) is 16.5. The first-order valence-electron chi connectivity index (χ1n) is 5.31. The Morgan fingerprint density at radius 1 is 1.25 bits per heavy atom. The number of hydrogen-bond donors (Lipinski definition) is 3. The van der Waals surface area contributed by atoms with Gasteiger partial charge in [-0.25, -0.2) is 0 Å². The van der Waals surface area contributed by atoms with E-state index in [1.165, 1.54) is 0 Å². The van der Waals surface area contributed by atoms with Crippen LogP contribution < -0.4 is 5.73 Å². The van der Waals surface area contributed by atoms with Crippen LogP contribution in [0.2, 0.25) is 0 Å². The Balaban J connectivity index is 1.96. The molecule has 1 aliphatic carbocycles. The van der Waals surface area contributed by atoms with E-state index in [-0.39, 0.29) is 0 Å². The summed E-state index contributed by atoms with van der Waals surface area (Å²) in [6.07, 6.45) is 3.43. The molecular formula is C12H13N3O. The number of aromatic amines is 1. The highest BCUT2D eigenvalue weighted by atomic mass is 16.3. The van der Waals surface area contributed by atoms with Gasteiger partial charge >= 0.3 is 0 Å². The number of aromatic nitrogens is 2. The van der Waals surface area contributed by atoms with Gasteiger partial charge in [-0.1, -0.05) is 24.3 Å². The third-order valence-corrected chi connectivity index (χ3v) is 3.13. The molecule has 0 saturated heterocycles. The van der Waals surface area contributed by atoms with E-state index in [2.05, 4.69) is 10.2 Å². The Morgan fingerprint density at radius 2 is 1.94 bits per heavy atom. The lowest BCUT2D eigenvalue weighted by Gasteiger charge is -2.08. The number of nitrogens with zero attached hydrogens (tertiary/aromatic N) is 1. The van der Waals surface area contributed by atoms with Gasteiger partial charge in [0.05, 0.1) is 11.8 Å². The van der Waals surface area contributed by atoms with E-state index in [0.717, 1.165) is 29.5 Å². The zero-order chi connectivity index (χ0) is 11.2. The molecule has 4 nitrogen and oxygen atoms in total. The fraction of sp³-hybridized carbons (Fsp3) is 0.250. The Labute approximate surface area is 93.1 Å². The number of nitrogens with two attached hydrogens (primary N) is 1. The second-order valence-electron chi connectivity index (χ2n) is 4.31. The highest BCUT2D eigenvalue weighted by Crippen LogP contribution is 2.45. The van der Waals surface area contributed by atoms with Gasteiger partial charge in [0.1, 0.15) is 5.82 Å². The van der Waals surface area contributed by atoms with Gasteiger partial charge in [-0.15, -0.1) is 0 Å². The number of H-pyrrole nitrogens is 1. The fourth-order valence-electron chi connectivity index (χ4n) is 1.89. The van der Waals surface area contributed by atoms with Gasteiger partial charge in [0.25, 0.3) is 0 Å². The summed E-state index contributed by atoms with van der Waals surface area (Å²) < 4.78 is 0. The van der Waals surface area contributed by atoms with Crippen molar-refractivity contribution in [1.29, 1.82) is 0 Å². The summed E-state index contributed by atoms with van der Waals surface area (Å²) in [7, 11) is 0. The van der Waals surface area contributed by atoms with Gasteiger partial charge in [-0.3, -0.25) is 5.10 Å². The third-order valence-electron chi connectivity index (χ3n) is 3.13. The first-order chi connectivity index (χ1) is 7.69. The van der Waals surface area contributed by atoms with Crippen LogP contribution in [0.3, 0.4) is 0 Å². The van der Waals surface area contributed by atoms with Crippen LogP contribution in [0.5, 0.6) is 0 Å². The molecule has 1 aromatic heterocycles. The summed E-state index contributed by atoms with van der Waals surface area (Å²) in [5.74, 6) is 0.567. The predicted octanol–water partition coefficient (Wildman–Crippen LogP) is 1.64. The van der Waals surface area contributed by atoms with Crippen LogP contribution in [0.1, 0.15) is 18.4 Å². The maximum Gasteiger partial charge on any atom is 0.126 e. The largest absolute Gasteiger partial charge is 0.385 e. The minimum Gasteiger partial charge on any atom is -0.385 e. The van der Waals surface area contributed by atoms with Gasteiger partial charge in [-0.05, 0) is 24.0 Å². The maximum atomic E-state index is 9.93. The molecule has 0 atom stereocenters. The SMILES string of the molecule is Nc1[nH]ncc1-c1ccc(C2(O)CC2)cc1. The van der Waals surface area contributed by atoms with Crippen molar-refractivity contribution in [1.82, 2.24) is 10.2 Å². The summed E-state index contributed by atoms with van der Waals surface area (Å²) in [6.45, 7) is 0. The van der Waals surface area contributed by atoms with Gasteiger partial charge in [0.15, 0.2) is 0 Å². The van der Waals surface area contributed by atoms with Crippen molar-refractivity contribution in [3.63, 3.8) is 0 Å². The van der Waals surface area contributed by atoms with Crippen LogP contribution in [-0.2, 0) is 5.60 Å². The topological polar surface area (TPSA) is 74.9 Å². The van der Waals surface area contributed by atoms with Gasteiger partial charge in [0, 0.05) is 5.56 Å². The normalized spacial score (nSPS) is 17.3. The average molecular weight is 215 g/mol. The molecule has 0 aliphatic heterocycles. The Bertz CT molecular complexity index is 511. The van der Waals surface area contributed by atoms with Crippen molar-refractivity contribution in [2.75, 3.05) is 5.73 Å². The highest BCUT2D eigenvalue weighted by molar-refractivity contribution is 5.73. The molecule has 4 heteroatoms. The fourth-order valence-corrected chi connectivity index (χ4v) is 1.89. The molecule has 2 aromatic rings. The van der Waals surface area contributed by atoms with Crippen molar-refractivity contribution < 1.29 is 5.11 Å². The molecule has 3 rings (SSSR count). The summed E-state index contributed by atoms with van der Waals surface area (Å²) in [5.41, 5.74) is 8.07. The molecule has 0 radical (unpaired) electrons. The number of nitrogens with one attached hydrogen (secondary N) is 1. The zero-order valence-electron chi connectivity index (χ0n) is 8.77. The van der Waals surface area contributed by atoms with Crippen LogP contribution in [0.4, 0.5) is 5.82 Å². The molecule has 1 fully saturated rings. The minimum absolute atomic E-state index is 0.567. The molecule has 1 heterocycles. The molecule has 4 N–H and O–H groups in total. The molecule has 0 unspecified atom stereocenters. The molecule has 1 saturated carbocycles. The van der Waals surface area contributed by atoms with Gasteiger partial charge in [-0.2, -0.15) is 5.10 Å². The van der Waals surface area contributed by atoms with Crippen LogP contribution >= 0.6 is 0 Å². The maximum absolute atomic E-state index is 9.93. The lowest BCUT2D eigenvalue weighted by atomic mass is 10.0. The van der Waals surface area contributed by atoms with E-state index >= 15 is 0 Å². The first kappa shape index (κ1) is 9.42. The second-order valence-corrected chi connectivity index (χ2v) is 4.31. The number of nitrogen functional groups attached to an aromatic ring is 1. The van der Waals surface area contributed by atoms with Gasteiger partial charge in [0.2, 0.25) is 0 Å². The van der Waals surface area contributed by atoms with Crippen LogP contribution in [0, 0.1) is 0 Å². The molecule has 0 bridgehead atoms. The van der Waals surface area contributed by atoms with Crippen molar-refractivity contribution >= 4 is 5.82 Å². The zero-order valence-corrected chi connectivity index (χ0v) is 8.77. The number of hydrogen-bond acceptors (Lipinski definition) is 3. The molecule has 16 heavy (non-hydrogen) atoms. The third kappa shape index (κ3) is 1.39. The van der Waals surface area contributed by atoms with Crippen LogP contribution in [0.25, 0.3) is 11.1 Å². The van der Waals surface area contributed by atoms with Gasteiger partial charge < -0.3 is 10.8 Å². The van der Waals surface area contributed by atoms with E-state index in [0.29, 0.717) is 5.82 Å². The molecular weight excluding hydrogens is 202 g/mol. The molecule has 1 aromatic carbocycles. The number of rotatable bonds is 2. The number of anilines is 1. The van der Waals surface area contributed by atoms with E-state index in [9.17, 15) is 5.11 Å². The number of aliphatic hydroxyl groups is 1. The highest BCUT2D eigenvalue weighted by Gasteiger charge is 2.41. The predicted molar refractivity (Wildman–Crippen MR) is 61.6 cm³/mol. The summed E-state index contributed by atoms with van der Waals surface area (Å²) >= 11 is 0. The molecule has 0 spiro atoms. The summed E-state index contributed by atoms with van der Waals surface area (Å²) in [6, 6.07) is 7.84. The smallest absolute Gasteiger partial charge is 0.126 e. The molecule has 0 amide bonds. The van der Waals surface area contributed by atoms with E-state index in [1.54, 1.807) is 6.20 Å². The first-order valence-corrected chi connectivity index (χ1v) is 5.31. The molecule has 1 aliphatic rings. The Kier molecular flexibility index (Phi) is 1.82. The average Bonchev–Trinajstić information content (AvgIpc) is 2.90. The van der Waals surface area contributed by atoms with Crippen LogP contribution in [0.15, 0.2) is 30.5 Å². The van der Waals surface area contributed by atoms with E-state index in [4.69, 9.17) is 5.73 Å². The van der Waals surface area contributed by atoms with Crippen molar-refractivity contribution in [3.05, 3.63) is 36.0 Å².